The molecule has 1 saturated heterocycles. The maximum absolute atomic E-state index is 12.1. The number of carbonyl (C=O) groups excluding carboxylic acids is 1. The van der Waals surface area contributed by atoms with E-state index in [9.17, 15) is 4.79 Å². The zero-order valence-corrected chi connectivity index (χ0v) is 16.0. The number of alkyl carbamates (subject to hydrolysis) is 1. The molecule has 144 valence electrons. The van der Waals surface area contributed by atoms with E-state index in [1.165, 1.54) is 0 Å². The number of ether oxygens (including phenoxy) is 3. The highest BCUT2D eigenvalue weighted by Crippen LogP contribution is 2.21. The summed E-state index contributed by atoms with van der Waals surface area (Å²) in [5.74, 6) is 0.771. The molecule has 1 fully saturated rings. The van der Waals surface area contributed by atoms with Gasteiger partial charge in [0.05, 0.1) is 14.0 Å². The molecule has 0 saturated carbocycles. The molecule has 5 nitrogen and oxygen atoms in total. The molecule has 1 heterocycles. The lowest BCUT2D eigenvalue weighted by Crippen LogP contribution is -2.43. The normalized spacial score (nSPS) is 20.3. The van der Waals surface area contributed by atoms with Crippen molar-refractivity contribution >= 4 is 6.09 Å². The van der Waals surface area contributed by atoms with E-state index in [0.29, 0.717) is 19.6 Å². The standard InChI is InChI=1S/C22H27NO4/c1-22(2,3)27-21(24)23-19(20-15-26-20)13-16-9-11-18(12-10-16)25-14-17-7-5-4-6-8-17/h4-12,19-20H,13-15H2,1-3H3,(H,23,24)/t19-,20+/m0/s1/i20D. The van der Waals surface area contributed by atoms with Crippen LogP contribution in [0, 0.1) is 0 Å². The molecule has 0 aromatic heterocycles. The lowest BCUT2D eigenvalue weighted by molar-refractivity contribution is 0.0495. The van der Waals surface area contributed by atoms with Crippen LogP contribution in [0.2, 0.25) is 0 Å². The molecule has 3 rings (SSSR count). The third-order valence-electron chi connectivity index (χ3n) is 4.00. The Morgan fingerprint density at radius 3 is 2.44 bits per heavy atom. The van der Waals surface area contributed by atoms with Crippen molar-refractivity contribution in [2.24, 2.45) is 0 Å². The van der Waals surface area contributed by atoms with E-state index in [0.717, 1.165) is 16.9 Å². The summed E-state index contributed by atoms with van der Waals surface area (Å²) in [6, 6.07) is 17.2. The van der Waals surface area contributed by atoms with Gasteiger partial charge in [-0.15, -0.1) is 0 Å². The van der Waals surface area contributed by atoms with Gasteiger partial charge in [-0.2, -0.15) is 0 Å². The van der Waals surface area contributed by atoms with Crippen molar-refractivity contribution in [3.05, 3.63) is 65.7 Å². The first-order chi connectivity index (χ1) is 13.2. The van der Waals surface area contributed by atoms with Crippen molar-refractivity contribution in [3.8, 4) is 5.75 Å². The maximum atomic E-state index is 12.1. The number of amides is 1. The van der Waals surface area contributed by atoms with Crippen molar-refractivity contribution in [2.45, 2.75) is 51.5 Å². The number of rotatable bonds is 7. The average molecular weight is 370 g/mol. The van der Waals surface area contributed by atoms with Crippen molar-refractivity contribution in [1.29, 1.82) is 0 Å². The lowest BCUT2D eigenvalue weighted by atomic mass is 10.0. The predicted molar refractivity (Wildman–Crippen MR) is 104 cm³/mol. The van der Waals surface area contributed by atoms with E-state index in [2.05, 4.69) is 5.32 Å². The molecule has 2 atom stereocenters. The summed E-state index contributed by atoms with van der Waals surface area (Å²) in [4.78, 5) is 12.1. The molecule has 0 radical (unpaired) electrons. The van der Waals surface area contributed by atoms with Crippen molar-refractivity contribution in [3.63, 3.8) is 0 Å². The third kappa shape index (κ3) is 6.61. The summed E-state index contributed by atoms with van der Waals surface area (Å²) >= 11 is 0. The van der Waals surface area contributed by atoms with Crippen LogP contribution in [0.3, 0.4) is 0 Å². The van der Waals surface area contributed by atoms with Crippen LogP contribution < -0.4 is 10.1 Å². The van der Waals surface area contributed by atoms with Gasteiger partial charge in [0.2, 0.25) is 0 Å². The Morgan fingerprint density at radius 1 is 1.19 bits per heavy atom. The third-order valence-corrected chi connectivity index (χ3v) is 4.00. The quantitative estimate of drug-likeness (QED) is 0.746. The molecule has 0 aliphatic carbocycles. The summed E-state index contributed by atoms with van der Waals surface area (Å²) in [6.07, 6.45) is -1.16. The topological polar surface area (TPSA) is 60.1 Å². The summed E-state index contributed by atoms with van der Waals surface area (Å²) in [5.41, 5.74) is 1.50. The molecular formula is C22H27NO4. The van der Waals surface area contributed by atoms with Gasteiger partial charge in [0.15, 0.2) is 0 Å². The lowest BCUT2D eigenvalue weighted by Gasteiger charge is -2.23. The fourth-order valence-corrected chi connectivity index (χ4v) is 2.64. The molecule has 5 heteroatoms. The number of hydrogen-bond acceptors (Lipinski definition) is 4. The zero-order chi connectivity index (χ0) is 20.2. The van der Waals surface area contributed by atoms with Crippen LogP contribution in [-0.2, 0) is 22.5 Å². The van der Waals surface area contributed by atoms with Gasteiger partial charge in [-0.05, 0) is 50.5 Å². The molecule has 1 amide bonds. The molecule has 0 unspecified atom stereocenters. The van der Waals surface area contributed by atoms with Gasteiger partial charge in [-0.3, -0.25) is 0 Å². The minimum atomic E-state index is -1.10. The highest BCUT2D eigenvalue weighted by molar-refractivity contribution is 5.68. The van der Waals surface area contributed by atoms with E-state index >= 15 is 0 Å². The van der Waals surface area contributed by atoms with E-state index in [4.69, 9.17) is 15.6 Å². The van der Waals surface area contributed by atoms with Gasteiger partial charge < -0.3 is 19.5 Å². The van der Waals surface area contributed by atoms with Gasteiger partial charge in [0.1, 0.15) is 24.0 Å². The number of epoxide rings is 1. The first-order valence-corrected chi connectivity index (χ1v) is 9.13. The molecule has 1 aliphatic rings. The summed E-state index contributed by atoms with van der Waals surface area (Å²) in [7, 11) is 0. The van der Waals surface area contributed by atoms with E-state index < -0.39 is 23.8 Å². The predicted octanol–water partition coefficient (Wildman–Crippen LogP) is 4.10. The van der Waals surface area contributed by atoms with E-state index in [1.807, 2.05) is 54.6 Å². The Hall–Kier alpha value is -2.53. The van der Waals surface area contributed by atoms with Gasteiger partial charge in [-0.1, -0.05) is 42.5 Å². The molecule has 27 heavy (non-hydrogen) atoms. The molecule has 0 spiro atoms. The van der Waals surface area contributed by atoms with Gasteiger partial charge in [-0.25, -0.2) is 4.79 Å². The van der Waals surface area contributed by atoms with Gasteiger partial charge >= 0.3 is 6.09 Å². The monoisotopic (exact) mass is 370 g/mol. The summed E-state index contributed by atoms with van der Waals surface area (Å²) in [6.45, 7) is 6.22. The van der Waals surface area contributed by atoms with Crippen LogP contribution in [0.5, 0.6) is 5.75 Å². The second-order valence-electron chi connectivity index (χ2n) is 7.58. The number of hydrogen-bond donors (Lipinski definition) is 1. The maximum Gasteiger partial charge on any atom is 0.407 e. The second kappa shape index (κ2) is 8.44. The summed E-state index contributed by atoms with van der Waals surface area (Å²) < 4.78 is 24.6. The van der Waals surface area contributed by atoms with Crippen LogP contribution >= 0.6 is 0 Å². The van der Waals surface area contributed by atoms with E-state index in [1.54, 1.807) is 20.8 Å². The van der Waals surface area contributed by atoms with Crippen LogP contribution in [0.1, 0.15) is 33.3 Å². The Balaban J connectivity index is 1.58. The number of carbonyl (C=O) groups is 1. The number of nitrogens with one attached hydrogen (secondary N) is 1. The van der Waals surface area contributed by atoms with Crippen LogP contribution in [0.15, 0.2) is 54.6 Å². The zero-order valence-electron chi connectivity index (χ0n) is 17.0. The van der Waals surface area contributed by atoms with Gasteiger partial charge in [0, 0.05) is 0 Å². The molecule has 1 N–H and O–H groups in total. The molecule has 2 aromatic rings. The average Bonchev–Trinajstić information content (AvgIpc) is 3.39. The Kier molecular flexibility index (Phi) is 5.58. The first kappa shape index (κ1) is 17.9. The van der Waals surface area contributed by atoms with Crippen molar-refractivity contribution < 1.29 is 20.4 Å². The molecule has 1 aliphatic heterocycles. The Bertz CT molecular complexity index is 782. The Morgan fingerprint density at radius 2 is 1.85 bits per heavy atom. The smallest absolute Gasteiger partial charge is 0.407 e. The summed E-state index contributed by atoms with van der Waals surface area (Å²) in [5, 5.41) is 2.78. The Labute approximate surface area is 162 Å². The van der Waals surface area contributed by atoms with Crippen LogP contribution in [-0.4, -0.2) is 30.4 Å². The largest absolute Gasteiger partial charge is 0.489 e. The highest BCUT2D eigenvalue weighted by atomic mass is 16.6. The van der Waals surface area contributed by atoms with Crippen molar-refractivity contribution in [1.82, 2.24) is 5.32 Å². The first-order valence-electron chi connectivity index (χ1n) is 9.63. The fourth-order valence-electron chi connectivity index (χ4n) is 2.64. The van der Waals surface area contributed by atoms with Gasteiger partial charge in [0.25, 0.3) is 0 Å². The minimum absolute atomic E-state index is 0.297. The molecule has 0 bridgehead atoms. The molecular weight excluding hydrogens is 342 g/mol. The second-order valence-corrected chi connectivity index (χ2v) is 7.58. The fraction of sp³-hybridized carbons (Fsp3) is 0.409. The SMILES string of the molecule is [2H][C@]1([C@H](Cc2ccc(OCc3ccccc3)cc2)NC(=O)OC(C)(C)C)CO1. The number of benzene rings is 2. The van der Waals surface area contributed by atoms with E-state index in [-0.39, 0.29) is 0 Å². The highest BCUT2D eigenvalue weighted by Gasteiger charge is 2.34. The van der Waals surface area contributed by atoms with Crippen molar-refractivity contribution in [2.75, 3.05) is 6.61 Å². The van der Waals surface area contributed by atoms with Crippen LogP contribution in [0.25, 0.3) is 0 Å². The molecule has 2 aromatic carbocycles. The minimum Gasteiger partial charge on any atom is -0.489 e. The van der Waals surface area contributed by atoms with Crippen LogP contribution in [0.4, 0.5) is 4.79 Å².